The number of rotatable bonds is 2. The van der Waals surface area contributed by atoms with Crippen molar-refractivity contribution in [1.82, 2.24) is 19.7 Å². The highest BCUT2D eigenvalue weighted by Gasteiger charge is 2.11. The van der Waals surface area contributed by atoms with E-state index in [0.717, 1.165) is 4.47 Å². The van der Waals surface area contributed by atoms with Crippen molar-refractivity contribution in [1.29, 1.82) is 0 Å². The summed E-state index contributed by atoms with van der Waals surface area (Å²) in [4.78, 5) is 7.95. The Morgan fingerprint density at radius 3 is 2.80 bits per heavy atom. The van der Waals surface area contributed by atoms with Crippen LogP contribution in [0.15, 0.2) is 23.2 Å². The van der Waals surface area contributed by atoms with Crippen LogP contribution < -0.4 is 0 Å². The van der Waals surface area contributed by atoms with Gasteiger partial charge in [-0.1, -0.05) is 11.6 Å². The van der Waals surface area contributed by atoms with Crippen LogP contribution in [0.5, 0.6) is 0 Å². The molecule has 0 amide bonds. The van der Waals surface area contributed by atoms with Gasteiger partial charge < -0.3 is 0 Å². The van der Waals surface area contributed by atoms with Crippen LogP contribution in [-0.4, -0.2) is 19.7 Å². The first-order valence-electron chi connectivity index (χ1n) is 3.98. The minimum atomic E-state index is 0.243. The summed E-state index contributed by atoms with van der Waals surface area (Å²) >= 11 is 15.0. The average molecular weight is 308 g/mol. The van der Waals surface area contributed by atoms with Gasteiger partial charge in [0.15, 0.2) is 5.82 Å². The van der Waals surface area contributed by atoms with Crippen molar-refractivity contribution in [2.45, 2.75) is 5.88 Å². The second-order valence-corrected chi connectivity index (χ2v) is 4.24. The molecule has 0 aliphatic heterocycles. The molecular weight excluding hydrogens is 303 g/mol. The second-order valence-electron chi connectivity index (χ2n) is 2.70. The van der Waals surface area contributed by atoms with Crippen LogP contribution >= 0.6 is 39.1 Å². The molecule has 0 radical (unpaired) electrons. The lowest BCUT2D eigenvalue weighted by Crippen LogP contribution is -2.03. The fraction of sp³-hybridized carbons (Fsp3) is 0.125. The van der Waals surface area contributed by atoms with Crippen molar-refractivity contribution in [3.63, 3.8) is 0 Å². The molecule has 4 nitrogen and oxygen atoms in total. The summed E-state index contributed by atoms with van der Waals surface area (Å²) in [6, 6.07) is 0. The first-order chi connectivity index (χ1) is 7.22. The molecule has 0 aliphatic carbocycles. The zero-order chi connectivity index (χ0) is 10.8. The van der Waals surface area contributed by atoms with E-state index in [1.54, 1.807) is 17.1 Å². The molecule has 2 rings (SSSR count). The molecule has 0 atom stereocenters. The highest BCUT2D eigenvalue weighted by atomic mass is 79.9. The smallest absolute Gasteiger partial charge is 0.162 e. The lowest BCUT2D eigenvalue weighted by atomic mass is 10.3. The Labute approximate surface area is 104 Å². The zero-order valence-electron chi connectivity index (χ0n) is 7.36. The maximum atomic E-state index is 5.90. The van der Waals surface area contributed by atoms with Crippen LogP contribution in [-0.2, 0) is 5.88 Å². The third kappa shape index (κ3) is 2.14. The van der Waals surface area contributed by atoms with E-state index in [0.29, 0.717) is 16.5 Å². The van der Waals surface area contributed by atoms with Gasteiger partial charge in [0.1, 0.15) is 11.5 Å². The van der Waals surface area contributed by atoms with Gasteiger partial charge in [-0.2, -0.15) is 5.10 Å². The Balaban J connectivity index is 2.57. The van der Waals surface area contributed by atoms with Crippen LogP contribution in [0.3, 0.4) is 0 Å². The van der Waals surface area contributed by atoms with Crippen LogP contribution in [0, 0.1) is 0 Å². The SMILES string of the molecule is ClCc1c(Cl)ncnc1-n1cc(Br)cn1. The van der Waals surface area contributed by atoms with Gasteiger partial charge in [-0.3, -0.25) is 0 Å². The molecule has 78 valence electrons. The maximum absolute atomic E-state index is 5.90. The summed E-state index contributed by atoms with van der Waals surface area (Å²) in [5.74, 6) is 0.836. The number of hydrogen-bond donors (Lipinski definition) is 0. The van der Waals surface area contributed by atoms with E-state index >= 15 is 0 Å². The molecule has 0 aromatic carbocycles. The highest BCUT2D eigenvalue weighted by Crippen LogP contribution is 2.21. The Morgan fingerprint density at radius 2 is 2.20 bits per heavy atom. The maximum Gasteiger partial charge on any atom is 0.162 e. The number of halogens is 3. The minimum absolute atomic E-state index is 0.243. The Bertz CT molecular complexity index is 485. The monoisotopic (exact) mass is 306 g/mol. The average Bonchev–Trinajstić information content (AvgIpc) is 2.64. The van der Waals surface area contributed by atoms with Crippen molar-refractivity contribution in [3.8, 4) is 5.82 Å². The molecule has 0 aliphatic rings. The number of nitrogens with zero attached hydrogens (tertiary/aromatic N) is 4. The van der Waals surface area contributed by atoms with Crippen molar-refractivity contribution in [2.75, 3.05) is 0 Å². The molecule has 2 aromatic heterocycles. The molecule has 0 saturated heterocycles. The van der Waals surface area contributed by atoms with E-state index in [1.165, 1.54) is 6.33 Å². The summed E-state index contributed by atoms with van der Waals surface area (Å²) in [5.41, 5.74) is 0.663. The van der Waals surface area contributed by atoms with Crippen LogP contribution in [0.2, 0.25) is 5.15 Å². The molecule has 0 fully saturated rings. The molecule has 2 heterocycles. The Morgan fingerprint density at radius 1 is 1.40 bits per heavy atom. The minimum Gasteiger partial charge on any atom is -0.224 e. The third-order valence-electron chi connectivity index (χ3n) is 1.77. The largest absolute Gasteiger partial charge is 0.224 e. The van der Waals surface area contributed by atoms with Gasteiger partial charge in [0, 0.05) is 11.8 Å². The molecule has 0 N–H and O–H groups in total. The fourth-order valence-electron chi connectivity index (χ4n) is 1.11. The molecule has 2 aromatic rings. The number of aromatic nitrogens is 4. The predicted octanol–water partition coefficient (Wildman–Crippen LogP) is 2.82. The molecule has 0 unspecified atom stereocenters. The van der Waals surface area contributed by atoms with E-state index in [4.69, 9.17) is 23.2 Å². The van der Waals surface area contributed by atoms with E-state index in [2.05, 4.69) is 31.0 Å². The first kappa shape index (κ1) is 10.9. The van der Waals surface area contributed by atoms with E-state index < -0.39 is 0 Å². The third-order valence-corrected chi connectivity index (χ3v) is 2.77. The normalized spacial score (nSPS) is 10.6. The second kappa shape index (κ2) is 4.47. The molecule has 0 saturated carbocycles. The van der Waals surface area contributed by atoms with Gasteiger partial charge in [-0.05, 0) is 15.9 Å². The number of alkyl halides is 1. The summed E-state index contributed by atoms with van der Waals surface area (Å²) in [7, 11) is 0. The lowest BCUT2D eigenvalue weighted by Gasteiger charge is -2.05. The van der Waals surface area contributed by atoms with E-state index in [1.807, 2.05) is 0 Å². The lowest BCUT2D eigenvalue weighted by molar-refractivity contribution is 0.827. The zero-order valence-corrected chi connectivity index (χ0v) is 10.5. The quantitative estimate of drug-likeness (QED) is 0.633. The van der Waals surface area contributed by atoms with Gasteiger partial charge in [0.2, 0.25) is 0 Å². The van der Waals surface area contributed by atoms with Gasteiger partial charge in [-0.15, -0.1) is 11.6 Å². The summed E-state index contributed by atoms with van der Waals surface area (Å²) in [6.07, 6.45) is 4.81. The fourth-order valence-corrected chi connectivity index (χ4v) is 1.91. The predicted molar refractivity (Wildman–Crippen MR) is 61.4 cm³/mol. The van der Waals surface area contributed by atoms with Gasteiger partial charge in [0.05, 0.1) is 16.5 Å². The molecule has 0 spiro atoms. The van der Waals surface area contributed by atoms with Gasteiger partial charge in [0.25, 0.3) is 0 Å². The summed E-state index contributed by atoms with van der Waals surface area (Å²) in [6.45, 7) is 0. The Hall–Kier alpha value is -0.650. The van der Waals surface area contributed by atoms with Crippen molar-refractivity contribution >= 4 is 39.1 Å². The summed E-state index contributed by atoms with van der Waals surface area (Å²) < 4.78 is 2.45. The van der Waals surface area contributed by atoms with Crippen molar-refractivity contribution < 1.29 is 0 Å². The van der Waals surface area contributed by atoms with Crippen molar-refractivity contribution in [2.24, 2.45) is 0 Å². The molecule has 15 heavy (non-hydrogen) atoms. The van der Waals surface area contributed by atoms with Crippen LogP contribution in [0.1, 0.15) is 5.56 Å². The van der Waals surface area contributed by atoms with Crippen LogP contribution in [0.25, 0.3) is 5.82 Å². The number of hydrogen-bond acceptors (Lipinski definition) is 3. The summed E-state index contributed by atoms with van der Waals surface area (Å²) in [5, 5.41) is 4.45. The van der Waals surface area contributed by atoms with Gasteiger partial charge >= 0.3 is 0 Å². The van der Waals surface area contributed by atoms with E-state index in [9.17, 15) is 0 Å². The van der Waals surface area contributed by atoms with Crippen LogP contribution in [0.4, 0.5) is 0 Å². The van der Waals surface area contributed by atoms with Crippen molar-refractivity contribution in [3.05, 3.63) is 33.9 Å². The van der Waals surface area contributed by atoms with E-state index in [-0.39, 0.29) is 5.88 Å². The van der Waals surface area contributed by atoms with Gasteiger partial charge in [-0.25, -0.2) is 14.6 Å². The highest BCUT2D eigenvalue weighted by molar-refractivity contribution is 9.10. The first-order valence-corrected chi connectivity index (χ1v) is 5.69. The Kier molecular flexibility index (Phi) is 3.23. The molecular formula is C8H5BrCl2N4. The molecule has 0 bridgehead atoms. The topological polar surface area (TPSA) is 43.6 Å². The standard InChI is InChI=1S/C8H5BrCl2N4/c9-5-2-14-15(3-5)8-6(1-10)7(11)12-4-13-8/h2-4H,1H2. The molecule has 7 heteroatoms.